The fourth-order valence-electron chi connectivity index (χ4n) is 1.53. The minimum Gasteiger partial charge on any atom is -0.476 e. The second-order valence-corrected chi connectivity index (χ2v) is 3.27. The fourth-order valence-corrected chi connectivity index (χ4v) is 1.53. The van der Waals surface area contributed by atoms with Crippen LogP contribution in [0.25, 0.3) is 0 Å². The van der Waals surface area contributed by atoms with E-state index in [4.69, 9.17) is 14.6 Å². The van der Waals surface area contributed by atoms with Gasteiger partial charge in [0.25, 0.3) is 0 Å². The number of ether oxygens (including phenoxy) is 2. The minimum absolute atomic E-state index is 0.0725. The summed E-state index contributed by atoms with van der Waals surface area (Å²) in [4.78, 5) is 10.6. The van der Waals surface area contributed by atoms with Gasteiger partial charge in [0.05, 0.1) is 19.4 Å². The Morgan fingerprint density at radius 1 is 1.73 bits per heavy atom. The first-order valence-electron chi connectivity index (χ1n) is 4.48. The first-order chi connectivity index (χ1) is 7.22. The third kappa shape index (κ3) is 1.83. The molecule has 82 valence electrons. The highest BCUT2D eigenvalue weighted by Gasteiger charge is 2.31. The SMILES string of the molecule is CO[C@H]1COC[C@H]1n1cc(C(=O)O)nn1. The van der Waals surface area contributed by atoms with Crippen molar-refractivity contribution in [3.63, 3.8) is 0 Å². The number of methoxy groups -OCH3 is 1. The van der Waals surface area contributed by atoms with Crippen LogP contribution in [0.1, 0.15) is 16.5 Å². The first kappa shape index (κ1) is 10.1. The zero-order valence-corrected chi connectivity index (χ0v) is 8.16. The van der Waals surface area contributed by atoms with Crippen LogP contribution >= 0.6 is 0 Å². The van der Waals surface area contributed by atoms with E-state index in [1.807, 2.05) is 0 Å². The first-order valence-corrected chi connectivity index (χ1v) is 4.48. The van der Waals surface area contributed by atoms with Crippen molar-refractivity contribution in [3.05, 3.63) is 11.9 Å². The van der Waals surface area contributed by atoms with Crippen LogP contribution in [-0.4, -0.2) is 52.5 Å². The van der Waals surface area contributed by atoms with Gasteiger partial charge in [-0.15, -0.1) is 5.10 Å². The molecular weight excluding hydrogens is 202 g/mol. The number of rotatable bonds is 3. The number of carboxylic acid groups (broad SMARTS) is 1. The molecular formula is C8H11N3O4. The molecule has 0 saturated carbocycles. The van der Waals surface area contributed by atoms with Crippen molar-refractivity contribution in [3.8, 4) is 0 Å². The van der Waals surface area contributed by atoms with Crippen molar-refractivity contribution < 1.29 is 19.4 Å². The summed E-state index contributed by atoms with van der Waals surface area (Å²) in [7, 11) is 1.58. The maximum Gasteiger partial charge on any atom is 0.358 e. The molecule has 7 nitrogen and oxygen atoms in total. The van der Waals surface area contributed by atoms with E-state index in [-0.39, 0.29) is 17.8 Å². The summed E-state index contributed by atoms with van der Waals surface area (Å²) in [5.74, 6) is -1.09. The van der Waals surface area contributed by atoms with Gasteiger partial charge in [0.15, 0.2) is 5.69 Å². The zero-order valence-electron chi connectivity index (χ0n) is 8.16. The molecule has 0 bridgehead atoms. The molecule has 2 rings (SSSR count). The lowest BCUT2D eigenvalue weighted by molar-refractivity contribution is 0.0659. The Morgan fingerprint density at radius 2 is 2.53 bits per heavy atom. The Balaban J connectivity index is 2.18. The molecule has 15 heavy (non-hydrogen) atoms. The highest BCUT2D eigenvalue weighted by Crippen LogP contribution is 2.20. The molecule has 0 aromatic carbocycles. The van der Waals surface area contributed by atoms with Gasteiger partial charge in [-0.1, -0.05) is 5.21 Å². The molecule has 0 radical (unpaired) electrons. The quantitative estimate of drug-likeness (QED) is 0.732. The third-order valence-electron chi connectivity index (χ3n) is 2.37. The van der Waals surface area contributed by atoms with Gasteiger partial charge in [-0.2, -0.15) is 0 Å². The van der Waals surface area contributed by atoms with Gasteiger partial charge in [-0.25, -0.2) is 9.48 Å². The maximum absolute atomic E-state index is 10.6. The summed E-state index contributed by atoms with van der Waals surface area (Å²) in [6.45, 7) is 0.949. The molecule has 2 heterocycles. The number of aromatic nitrogens is 3. The van der Waals surface area contributed by atoms with Crippen LogP contribution in [-0.2, 0) is 9.47 Å². The third-order valence-corrected chi connectivity index (χ3v) is 2.37. The van der Waals surface area contributed by atoms with Gasteiger partial charge in [0.1, 0.15) is 12.1 Å². The molecule has 1 N–H and O–H groups in total. The lowest BCUT2D eigenvalue weighted by atomic mass is 10.2. The van der Waals surface area contributed by atoms with Crippen LogP contribution in [0.4, 0.5) is 0 Å². The summed E-state index contributed by atoms with van der Waals surface area (Å²) >= 11 is 0. The maximum atomic E-state index is 10.6. The van der Waals surface area contributed by atoms with Crippen molar-refractivity contribution in [1.29, 1.82) is 0 Å². The molecule has 0 unspecified atom stereocenters. The van der Waals surface area contributed by atoms with Crippen LogP contribution in [0.5, 0.6) is 0 Å². The molecule has 0 amide bonds. The number of carbonyl (C=O) groups is 1. The van der Waals surface area contributed by atoms with Gasteiger partial charge in [-0.05, 0) is 0 Å². The lowest BCUT2D eigenvalue weighted by Crippen LogP contribution is -2.24. The van der Waals surface area contributed by atoms with E-state index in [1.54, 1.807) is 7.11 Å². The summed E-state index contributed by atoms with van der Waals surface area (Å²) in [5.41, 5.74) is -0.0725. The van der Waals surface area contributed by atoms with Gasteiger partial charge >= 0.3 is 5.97 Å². The van der Waals surface area contributed by atoms with Crippen molar-refractivity contribution in [2.24, 2.45) is 0 Å². The Morgan fingerprint density at radius 3 is 3.13 bits per heavy atom. The number of hydrogen-bond acceptors (Lipinski definition) is 5. The molecule has 2 atom stereocenters. The van der Waals surface area contributed by atoms with Crippen LogP contribution in [0, 0.1) is 0 Å². The molecule has 1 fully saturated rings. The largest absolute Gasteiger partial charge is 0.476 e. The molecule has 7 heteroatoms. The van der Waals surface area contributed by atoms with E-state index in [9.17, 15) is 4.79 Å². The minimum atomic E-state index is -1.09. The predicted molar refractivity (Wildman–Crippen MR) is 47.6 cm³/mol. The molecule has 1 aliphatic rings. The summed E-state index contributed by atoms with van der Waals surface area (Å²) in [5, 5.41) is 16.0. The van der Waals surface area contributed by atoms with Crippen molar-refractivity contribution in [2.45, 2.75) is 12.1 Å². The smallest absolute Gasteiger partial charge is 0.358 e. The van der Waals surface area contributed by atoms with E-state index in [0.29, 0.717) is 13.2 Å². The number of hydrogen-bond donors (Lipinski definition) is 1. The van der Waals surface area contributed by atoms with Crippen LogP contribution in [0.15, 0.2) is 6.20 Å². The van der Waals surface area contributed by atoms with Gasteiger partial charge in [0.2, 0.25) is 0 Å². The van der Waals surface area contributed by atoms with Crippen molar-refractivity contribution >= 4 is 5.97 Å². The van der Waals surface area contributed by atoms with Crippen LogP contribution in [0.3, 0.4) is 0 Å². The van der Waals surface area contributed by atoms with Crippen LogP contribution < -0.4 is 0 Å². The van der Waals surface area contributed by atoms with E-state index in [2.05, 4.69) is 10.3 Å². The highest BCUT2D eigenvalue weighted by atomic mass is 16.5. The number of carboxylic acids is 1. The predicted octanol–water partition coefficient (Wildman–Crippen LogP) is -0.437. The fraction of sp³-hybridized carbons (Fsp3) is 0.625. The number of nitrogens with zero attached hydrogens (tertiary/aromatic N) is 3. The van der Waals surface area contributed by atoms with Crippen molar-refractivity contribution in [1.82, 2.24) is 15.0 Å². The zero-order chi connectivity index (χ0) is 10.8. The van der Waals surface area contributed by atoms with E-state index in [1.165, 1.54) is 10.9 Å². The van der Waals surface area contributed by atoms with E-state index >= 15 is 0 Å². The normalized spacial score (nSPS) is 25.7. The number of aromatic carboxylic acids is 1. The monoisotopic (exact) mass is 213 g/mol. The van der Waals surface area contributed by atoms with Gasteiger partial charge in [0, 0.05) is 7.11 Å². The van der Waals surface area contributed by atoms with Gasteiger partial charge in [-0.3, -0.25) is 0 Å². The van der Waals surface area contributed by atoms with Gasteiger partial charge < -0.3 is 14.6 Å². The Kier molecular flexibility index (Phi) is 2.65. The van der Waals surface area contributed by atoms with E-state index < -0.39 is 5.97 Å². The Hall–Kier alpha value is -1.47. The Bertz CT molecular complexity index is 365. The molecule has 1 aromatic heterocycles. The topological polar surface area (TPSA) is 86.5 Å². The molecule has 0 spiro atoms. The molecule has 0 aliphatic carbocycles. The average molecular weight is 213 g/mol. The van der Waals surface area contributed by atoms with E-state index in [0.717, 1.165) is 0 Å². The standard InChI is InChI=1S/C8H11N3O4/c1-14-7-4-15-3-6(7)11-2-5(8(12)13)9-10-11/h2,6-7H,3-4H2,1H3,(H,12,13)/t6-,7+/m1/s1. The summed E-state index contributed by atoms with van der Waals surface area (Å²) in [6, 6.07) is -0.101. The second-order valence-electron chi connectivity index (χ2n) is 3.27. The van der Waals surface area contributed by atoms with Crippen LogP contribution in [0.2, 0.25) is 0 Å². The molecule has 1 aliphatic heterocycles. The second kappa shape index (κ2) is 3.95. The highest BCUT2D eigenvalue weighted by molar-refractivity contribution is 5.84. The average Bonchev–Trinajstić information content (AvgIpc) is 2.85. The lowest BCUT2D eigenvalue weighted by Gasteiger charge is -2.14. The molecule has 1 aromatic rings. The molecule has 1 saturated heterocycles. The summed E-state index contributed by atoms with van der Waals surface area (Å²) in [6.07, 6.45) is 1.28. The summed E-state index contributed by atoms with van der Waals surface area (Å²) < 4.78 is 11.9. The van der Waals surface area contributed by atoms with Crippen molar-refractivity contribution in [2.75, 3.05) is 20.3 Å². The Labute approximate surface area is 85.6 Å².